The van der Waals surface area contributed by atoms with E-state index in [2.05, 4.69) is 18.8 Å². The molecule has 30 heavy (non-hydrogen) atoms. The molecular weight excluding hydrogens is 419 g/mol. The number of carbonyl (C=O) groups is 1. The number of amides is 1. The Bertz CT molecular complexity index is 784. The van der Waals surface area contributed by atoms with Gasteiger partial charge in [-0.3, -0.25) is 4.79 Å². The zero-order valence-electron chi connectivity index (χ0n) is 17.6. The van der Waals surface area contributed by atoms with E-state index >= 15 is 0 Å². The summed E-state index contributed by atoms with van der Waals surface area (Å²) in [6, 6.07) is 17.1. The molecule has 4 nitrogen and oxygen atoms in total. The molecule has 3 rings (SSSR count). The summed E-state index contributed by atoms with van der Waals surface area (Å²) < 4.78 is 5.82. The van der Waals surface area contributed by atoms with E-state index in [9.17, 15) is 4.79 Å². The van der Waals surface area contributed by atoms with E-state index in [4.69, 9.17) is 27.9 Å². The fourth-order valence-corrected chi connectivity index (χ4v) is 3.74. The number of nitrogens with one attached hydrogen (secondary N) is 1. The number of morpholine rings is 1. The molecule has 3 atom stereocenters. The van der Waals surface area contributed by atoms with Crippen LogP contribution in [0.25, 0.3) is 0 Å². The van der Waals surface area contributed by atoms with Gasteiger partial charge in [0.15, 0.2) is 0 Å². The van der Waals surface area contributed by atoms with Crippen molar-refractivity contribution in [3.63, 3.8) is 0 Å². The molecule has 0 radical (unpaired) electrons. The van der Waals surface area contributed by atoms with Gasteiger partial charge in [0.25, 0.3) is 5.91 Å². The van der Waals surface area contributed by atoms with Crippen molar-refractivity contribution in [1.29, 1.82) is 0 Å². The molecule has 1 heterocycles. The highest BCUT2D eigenvalue weighted by molar-refractivity contribution is 6.30. The second-order valence-corrected chi connectivity index (χ2v) is 7.95. The zero-order valence-corrected chi connectivity index (χ0v) is 19.1. The molecule has 1 aliphatic heterocycles. The number of hydrogen-bond acceptors (Lipinski definition) is 3. The number of ether oxygens (including phenoxy) is 1. The summed E-state index contributed by atoms with van der Waals surface area (Å²) in [6.45, 7) is 7.08. The lowest BCUT2D eigenvalue weighted by Crippen LogP contribution is -2.55. The maximum atomic E-state index is 12.9. The molecule has 0 spiro atoms. The minimum atomic E-state index is -0.429. The molecule has 2 aromatic carbocycles. The first-order valence-electron chi connectivity index (χ1n) is 10.2. The van der Waals surface area contributed by atoms with Crippen molar-refractivity contribution in [2.24, 2.45) is 0 Å². The van der Waals surface area contributed by atoms with Crippen LogP contribution in [0.2, 0.25) is 10.0 Å². The van der Waals surface area contributed by atoms with Crippen LogP contribution in [0.15, 0.2) is 67.3 Å². The second kappa shape index (κ2) is 12.8. The van der Waals surface area contributed by atoms with E-state index in [1.165, 1.54) is 0 Å². The molecule has 2 aromatic rings. The van der Waals surface area contributed by atoms with Gasteiger partial charge in [-0.1, -0.05) is 66.5 Å². The molecule has 6 heteroatoms. The third kappa shape index (κ3) is 6.85. The van der Waals surface area contributed by atoms with E-state index in [1.54, 1.807) is 6.08 Å². The van der Waals surface area contributed by atoms with Gasteiger partial charge >= 0.3 is 0 Å². The SMILES string of the molecule is C=CCC1OCC(c2ccc(Cl)cc2)N(C(CC)CNC)C1=O.Clc1ccccc1. The molecule has 1 N–H and O–H groups in total. The van der Waals surface area contributed by atoms with Crippen LogP contribution < -0.4 is 5.32 Å². The molecule has 0 aliphatic carbocycles. The number of halogens is 2. The second-order valence-electron chi connectivity index (χ2n) is 7.07. The number of likely N-dealkylation sites (N-methyl/N-ethyl adjacent to an activating group) is 1. The lowest BCUT2D eigenvalue weighted by atomic mass is 9.98. The summed E-state index contributed by atoms with van der Waals surface area (Å²) >= 11 is 11.5. The van der Waals surface area contributed by atoms with Gasteiger partial charge < -0.3 is 15.0 Å². The first-order chi connectivity index (χ1) is 14.5. The van der Waals surface area contributed by atoms with Crippen LogP contribution in [0.5, 0.6) is 0 Å². The monoisotopic (exact) mass is 448 g/mol. The van der Waals surface area contributed by atoms with E-state index in [0.717, 1.165) is 23.6 Å². The van der Waals surface area contributed by atoms with Gasteiger partial charge in [-0.25, -0.2) is 0 Å². The summed E-state index contributed by atoms with van der Waals surface area (Å²) in [5.74, 6) is 0.0400. The number of hydrogen-bond donors (Lipinski definition) is 1. The van der Waals surface area contributed by atoms with Crippen molar-refractivity contribution in [3.8, 4) is 0 Å². The molecule has 162 valence electrons. The number of rotatable bonds is 7. The highest BCUT2D eigenvalue weighted by Crippen LogP contribution is 2.31. The van der Waals surface area contributed by atoms with Gasteiger partial charge in [0.1, 0.15) is 6.10 Å². The van der Waals surface area contributed by atoms with Gasteiger partial charge in [-0.2, -0.15) is 0 Å². The molecular formula is C24H30Cl2N2O2. The number of carbonyl (C=O) groups excluding carboxylic acids is 1. The molecule has 0 saturated carbocycles. The quantitative estimate of drug-likeness (QED) is 0.566. The molecule has 1 saturated heterocycles. The maximum absolute atomic E-state index is 12.9. The Labute approximate surface area is 189 Å². The lowest BCUT2D eigenvalue weighted by molar-refractivity contribution is -0.163. The Morgan fingerprint density at radius 2 is 1.80 bits per heavy atom. The van der Waals surface area contributed by atoms with Crippen LogP contribution in [0, 0.1) is 0 Å². The first kappa shape index (κ1) is 24.4. The Morgan fingerprint density at radius 1 is 1.17 bits per heavy atom. The van der Waals surface area contributed by atoms with E-state index in [-0.39, 0.29) is 18.0 Å². The van der Waals surface area contributed by atoms with Crippen molar-refractivity contribution >= 4 is 29.1 Å². The summed E-state index contributed by atoms with van der Waals surface area (Å²) in [7, 11) is 1.91. The predicted molar refractivity (Wildman–Crippen MR) is 125 cm³/mol. The summed E-state index contributed by atoms with van der Waals surface area (Å²) in [6.07, 6.45) is 2.74. The largest absolute Gasteiger partial charge is 0.366 e. The first-order valence-corrected chi connectivity index (χ1v) is 10.9. The van der Waals surface area contributed by atoms with Crippen LogP contribution in [0.4, 0.5) is 0 Å². The summed E-state index contributed by atoms with van der Waals surface area (Å²) in [4.78, 5) is 14.9. The van der Waals surface area contributed by atoms with Gasteiger partial charge in [0.2, 0.25) is 0 Å². The fraction of sp³-hybridized carbons (Fsp3) is 0.375. The van der Waals surface area contributed by atoms with E-state index in [0.29, 0.717) is 18.1 Å². The van der Waals surface area contributed by atoms with Gasteiger partial charge in [-0.05, 0) is 43.3 Å². The van der Waals surface area contributed by atoms with E-state index in [1.807, 2.05) is 66.5 Å². The topological polar surface area (TPSA) is 41.6 Å². The van der Waals surface area contributed by atoms with Crippen molar-refractivity contribution in [1.82, 2.24) is 10.2 Å². The maximum Gasteiger partial charge on any atom is 0.252 e. The summed E-state index contributed by atoms with van der Waals surface area (Å²) in [5, 5.41) is 4.67. The Morgan fingerprint density at radius 3 is 2.30 bits per heavy atom. The third-order valence-corrected chi connectivity index (χ3v) is 5.50. The van der Waals surface area contributed by atoms with Crippen molar-refractivity contribution in [2.45, 2.75) is 38.0 Å². The van der Waals surface area contributed by atoms with E-state index < -0.39 is 6.10 Å². The lowest BCUT2D eigenvalue weighted by Gasteiger charge is -2.43. The molecule has 0 bridgehead atoms. The molecule has 1 fully saturated rings. The van der Waals surface area contributed by atoms with Crippen molar-refractivity contribution < 1.29 is 9.53 Å². The Kier molecular flexibility index (Phi) is 10.4. The minimum absolute atomic E-state index is 0.0400. The average Bonchev–Trinajstić information content (AvgIpc) is 2.75. The highest BCUT2D eigenvalue weighted by atomic mass is 35.5. The van der Waals surface area contributed by atoms with Crippen LogP contribution in [0.1, 0.15) is 31.4 Å². The molecule has 1 amide bonds. The van der Waals surface area contributed by atoms with Crippen molar-refractivity contribution in [2.75, 3.05) is 20.2 Å². The average molecular weight is 449 g/mol. The highest BCUT2D eigenvalue weighted by Gasteiger charge is 2.39. The molecule has 1 aliphatic rings. The van der Waals surface area contributed by atoms with Crippen LogP contribution in [-0.2, 0) is 9.53 Å². The van der Waals surface area contributed by atoms with Crippen molar-refractivity contribution in [3.05, 3.63) is 82.9 Å². The van der Waals surface area contributed by atoms with Gasteiger partial charge in [0, 0.05) is 29.1 Å². The van der Waals surface area contributed by atoms with Gasteiger partial charge in [-0.15, -0.1) is 6.58 Å². The zero-order chi connectivity index (χ0) is 21.9. The summed E-state index contributed by atoms with van der Waals surface area (Å²) in [5.41, 5.74) is 1.05. The fourth-order valence-electron chi connectivity index (χ4n) is 3.46. The smallest absolute Gasteiger partial charge is 0.252 e. The van der Waals surface area contributed by atoms with Crippen LogP contribution in [-0.4, -0.2) is 43.2 Å². The predicted octanol–water partition coefficient (Wildman–Crippen LogP) is 5.52. The van der Waals surface area contributed by atoms with Gasteiger partial charge in [0.05, 0.1) is 12.6 Å². The number of benzene rings is 2. The molecule has 0 aromatic heterocycles. The van der Waals surface area contributed by atoms with Crippen LogP contribution >= 0.6 is 23.2 Å². The normalized spacial score (nSPS) is 19.6. The molecule has 3 unspecified atom stereocenters. The standard InChI is InChI=1S/C18H25ClN2O2.C6H5Cl/c1-4-6-17-18(22)21(15(5-2)11-20-3)16(12-23-17)13-7-9-14(19)10-8-13;7-6-4-2-1-3-5-6/h4,7-10,15-17,20H,1,5-6,11-12H2,2-3H3;1-5H. The third-order valence-electron chi connectivity index (χ3n) is 4.99. The Balaban J connectivity index is 0.000000386. The Hall–Kier alpha value is -1.85. The number of nitrogens with zero attached hydrogens (tertiary/aromatic N) is 1. The minimum Gasteiger partial charge on any atom is -0.366 e. The van der Waals surface area contributed by atoms with Crippen LogP contribution in [0.3, 0.4) is 0 Å².